The summed E-state index contributed by atoms with van der Waals surface area (Å²) in [6.07, 6.45) is 1.32. The number of fused-ring (bicyclic) bond motifs is 1. The van der Waals surface area contributed by atoms with Crippen molar-refractivity contribution < 1.29 is 18.6 Å². The highest BCUT2D eigenvalue weighted by atomic mass is 19.1. The number of aliphatic hydroxyl groups is 1. The molecule has 0 saturated carbocycles. The zero-order chi connectivity index (χ0) is 9.42. The Morgan fingerprint density at radius 1 is 1.31 bits per heavy atom. The minimum absolute atomic E-state index is 0.0394. The lowest BCUT2D eigenvalue weighted by atomic mass is 10.1. The molecular weight excluding hydrogens is 178 g/mol. The smallest absolute Gasteiger partial charge is 0.140 e. The Labute approximate surface area is 73.1 Å². The summed E-state index contributed by atoms with van der Waals surface area (Å²) in [5.41, 5.74) is -0.0762. The van der Waals surface area contributed by atoms with Crippen molar-refractivity contribution in [2.45, 2.75) is 0 Å². The van der Waals surface area contributed by atoms with Crippen molar-refractivity contribution in [3.8, 4) is 5.75 Å². The summed E-state index contributed by atoms with van der Waals surface area (Å²) in [5.74, 6) is -1.70. The predicted octanol–water partition coefficient (Wildman–Crippen LogP) is 2.26. The topological polar surface area (TPSA) is 29.5 Å². The molecule has 1 heterocycles. The van der Waals surface area contributed by atoms with Crippen LogP contribution in [0.5, 0.6) is 5.75 Å². The van der Waals surface area contributed by atoms with Gasteiger partial charge in [-0.3, -0.25) is 0 Å². The molecule has 1 aliphatic rings. The molecule has 68 valence electrons. The monoisotopic (exact) mass is 184 g/mol. The van der Waals surface area contributed by atoms with E-state index in [0.29, 0.717) is 6.07 Å². The van der Waals surface area contributed by atoms with Gasteiger partial charge in [-0.1, -0.05) is 0 Å². The van der Waals surface area contributed by atoms with Crippen molar-refractivity contribution in [3.63, 3.8) is 0 Å². The van der Waals surface area contributed by atoms with Crippen LogP contribution in [0.15, 0.2) is 18.2 Å². The Kier molecular flexibility index (Phi) is 1.69. The second kappa shape index (κ2) is 2.73. The van der Waals surface area contributed by atoms with Crippen LogP contribution in [0.25, 0.3) is 5.76 Å². The van der Waals surface area contributed by atoms with Gasteiger partial charge in [-0.25, -0.2) is 8.78 Å². The predicted molar refractivity (Wildman–Crippen MR) is 42.5 cm³/mol. The summed E-state index contributed by atoms with van der Waals surface area (Å²) in [7, 11) is 0. The van der Waals surface area contributed by atoms with Crippen LogP contribution in [0.4, 0.5) is 8.78 Å². The van der Waals surface area contributed by atoms with E-state index in [4.69, 9.17) is 4.74 Å². The fourth-order valence-electron chi connectivity index (χ4n) is 1.22. The van der Waals surface area contributed by atoms with Gasteiger partial charge in [0.15, 0.2) is 0 Å². The molecule has 1 aromatic rings. The van der Waals surface area contributed by atoms with Crippen molar-refractivity contribution in [1.29, 1.82) is 0 Å². The summed E-state index contributed by atoms with van der Waals surface area (Å²) >= 11 is 0. The maximum atomic E-state index is 13.1. The molecule has 0 atom stereocenters. The number of ether oxygens (including phenoxy) is 1. The standard InChI is InChI=1S/C9H6F2O2/c10-5-3-6(11)9-7(12)1-2-13-8(9)4-5/h1,3-4,12H,2H2. The SMILES string of the molecule is OC1=CCOc2cc(F)cc(F)c21. The second-order valence-corrected chi connectivity index (χ2v) is 2.66. The van der Waals surface area contributed by atoms with Crippen molar-refractivity contribution in [2.24, 2.45) is 0 Å². The Hall–Kier alpha value is -1.58. The van der Waals surface area contributed by atoms with E-state index >= 15 is 0 Å². The molecule has 4 heteroatoms. The fourth-order valence-corrected chi connectivity index (χ4v) is 1.22. The van der Waals surface area contributed by atoms with Gasteiger partial charge in [-0.15, -0.1) is 0 Å². The highest BCUT2D eigenvalue weighted by Gasteiger charge is 2.18. The average molecular weight is 184 g/mol. The van der Waals surface area contributed by atoms with Gasteiger partial charge in [0.25, 0.3) is 0 Å². The minimum Gasteiger partial charge on any atom is -0.507 e. The van der Waals surface area contributed by atoms with Crippen LogP contribution in [0.2, 0.25) is 0 Å². The summed E-state index contributed by atoms with van der Waals surface area (Å²) < 4.78 is 30.7. The largest absolute Gasteiger partial charge is 0.507 e. The first-order valence-electron chi connectivity index (χ1n) is 3.70. The minimum atomic E-state index is -0.816. The first-order valence-corrected chi connectivity index (χ1v) is 3.70. The Balaban J connectivity index is 2.66. The average Bonchev–Trinajstić information content (AvgIpc) is 2.02. The molecule has 1 aromatic carbocycles. The van der Waals surface area contributed by atoms with Crippen LogP contribution in [-0.2, 0) is 0 Å². The molecule has 0 unspecified atom stereocenters. The van der Waals surface area contributed by atoms with Crippen LogP contribution in [-0.4, -0.2) is 11.7 Å². The molecule has 2 rings (SSSR count). The summed E-state index contributed by atoms with van der Waals surface area (Å²) in [4.78, 5) is 0. The van der Waals surface area contributed by atoms with E-state index in [1.54, 1.807) is 0 Å². The second-order valence-electron chi connectivity index (χ2n) is 2.66. The lowest BCUT2D eigenvalue weighted by Crippen LogP contribution is -2.06. The number of rotatable bonds is 0. The third-order valence-corrected chi connectivity index (χ3v) is 1.79. The zero-order valence-electron chi connectivity index (χ0n) is 6.55. The molecule has 2 nitrogen and oxygen atoms in total. The van der Waals surface area contributed by atoms with Gasteiger partial charge in [0, 0.05) is 12.1 Å². The lowest BCUT2D eigenvalue weighted by molar-refractivity contribution is 0.339. The van der Waals surface area contributed by atoms with E-state index in [9.17, 15) is 13.9 Å². The van der Waals surface area contributed by atoms with E-state index in [1.807, 2.05) is 0 Å². The molecule has 0 fully saturated rings. The molecule has 0 bridgehead atoms. The van der Waals surface area contributed by atoms with Crippen LogP contribution >= 0.6 is 0 Å². The van der Waals surface area contributed by atoms with Crippen molar-refractivity contribution in [1.82, 2.24) is 0 Å². The van der Waals surface area contributed by atoms with Crippen molar-refractivity contribution >= 4 is 5.76 Å². The lowest BCUT2D eigenvalue weighted by Gasteiger charge is -2.15. The molecule has 1 aliphatic heterocycles. The number of benzene rings is 1. The molecule has 1 N–H and O–H groups in total. The van der Waals surface area contributed by atoms with Gasteiger partial charge < -0.3 is 9.84 Å². The third kappa shape index (κ3) is 1.24. The van der Waals surface area contributed by atoms with Gasteiger partial charge in [0.2, 0.25) is 0 Å². The quantitative estimate of drug-likeness (QED) is 0.670. The normalized spacial score (nSPS) is 14.5. The van der Waals surface area contributed by atoms with Gasteiger partial charge in [0.05, 0.1) is 5.56 Å². The molecule has 0 amide bonds. The number of halogens is 2. The number of hydrogen-bond acceptors (Lipinski definition) is 2. The van der Waals surface area contributed by atoms with Gasteiger partial charge in [-0.05, 0) is 6.08 Å². The molecule has 0 saturated heterocycles. The third-order valence-electron chi connectivity index (χ3n) is 1.79. The van der Waals surface area contributed by atoms with Gasteiger partial charge >= 0.3 is 0 Å². The molecule has 0 radical (unpaired) electrons. The van der Waals surface area contributed by atoms with Crippen LogP contribution < -0.4 is 4.74 Å². The molecule has 13 heavy (non-hydrogen) atoms. The first kappa shape index (κ1) is 8.04. The van der Waals surface area contributed by atoms with Crippen LogP contribution in [0, 0.1) is 11.6 Å². The Morgan fingerprint density at radius 3 is 2.85 bits per heavy atom. The molecule has 0 aromatic heterocycles. The number of aliphatic hydroxyl groups excluding tert-OH is 1. The molecular formula is C9H6F2O2. The molecule has 0 spiro atoms. The summed E-state index contributed by atoms with van der Waals surface area (Å²) in [6, 6.07) is 1.75. The fraction of sp³-hybridized carbons (Fsp3) is 0.111. The van der Waals surface area contributed by atoms with E-state index in [2.05, 4.69) is 0 Å². The van der Waals surface area contributed by atoms with Crippen molar-refractivity contribution in [2.75, 3.05) is 6.61 Å². The first-order chi connectivity index (χ1) is 6.18. The summed E-state index contributed by atoms with van der Waals surface area (Å²) in [6.45, 7) is 0.127. The van der Waals surface area contributed by atoms with E-state index in [0.717, 1.165) is 6.07 Å². The van der Waals surface area contributed by atoms with E-state index in [1.165, 1.54) is 6.08 Å². The van der Waals surface area contributed by atoms with Crippen LogP contribution in [0.1, 0.15) is 5.56 Å². The van der Waals surface area contributed by atoms with Gasteiger partial charge in [-0.2, -0.15) is 0 Å². The van der Waals surface area contributed by atoms with Crippen molar-refractivity contribution in [3.05, 3.63) is 35.4 Å². The number of hydrogen-bond donors (Lipinski definition) is 1. The van der Waals surface area contributed by atoms with E-state index < -0.39 is 11.6 Å². The highest BCUT2D eigenvalue weighted by Crippen LogP contribution is 2.31. The van der Waals surface area contributed by atoms with Gasteiger partial charge in [0.1, 0.15) is 29.8 Å². The Morgan fingerprint density at radius 2 is 2.08 bits per heavy atom. The Bertz CT molecular complexity index is 385. The van der Waals surface area contributed by atoms with Crippen LogP contribution in [0.3, 0.4) is 0 Å². The maximum Gasteiger partial charge on any atom is 0.140 e. The zero-order valence-corrected chi connectivity index (χ0v) is 6.55. The highest BCUT2D eigenvalue weighted by molar-refractivity contribution is 5.66. The maximum absolute atomic E-state index is 13.1. The van der Waals surface area contributed by atoms with E-state index in [-0.39, 0.29) is 23.7 Å². The summed E-state index contributed by atoms with van der Waals surface area (Å²) in [5, 5.41) is 9.25. The molecule has 0 aliphatic carbocycles.